The molecule has 0 heterocycles. The number of benzene rings is 2. The molecule has 0 fully saturated rings. The average Bonchev–Trinajstić information content (AvgIpc) is 2.85. The van der Waals surface area contributed by atoms with Gasteiger partial charge in [0.25, 0.3) is 5.91 Å². The summed E-state index contributed by atoms with van der Waals surface area (Å²) in [6.07, 6.45) is 2.71. The van der Waals surface area contributed by atoms with E-state index in [-0.39, 0.29) is 25.0 Å². The number of amides is 3. The normalized spacial score (nSPS) is 10.9. The molecule has 0 aliphatic heterocycles. The SMILES string of the molecule is CC(C)(C)OC(=O)Nc1ccccc1NC(=O)c1ccc(NC(=O)COCCCCCCOCC(=O)O)cc1. The molecule has 11 heteroatoms. The van der Waals surface area contributed by atoms with Gasteiger partial charge in [-0.25, -0.2) is 9.59 Å². The molecule has 0 unspecified atom stereocenters. The average molecular weight is 544 g/mol. The maximum absolute atomic E-state index is 12.7. The Morgan fingerprint density at radius 1 is 0.744 bits per heavy atom. The van der Waals surface area contributed by atoms with E-state index in [0.29, 0.717) is 35.8 Å². The van der Waals surface area contributed by atoms with Crippen LogP contribution in [0.4, 0.5) is 21.9 Å². The Balaban J connectivity index is 1.72. The van der Waals surface area contributed by atoms with Gasteiger partial charge in [0.2, 0.25) is 5.91 Å². The molecule has 0 saturated heterocycles. The third kappa shape index (κ3) is 13.4. The highest BCUT2D eigenvalue weighted by Crippen LogP contribution is 2.23. The Morgan fingerprint density at radius 3 is 1.87 bits per heavy atom. The van der Waals surface area contributed by atoms with Crippen LogP contribution in [0.5, 0.6) is 0 Å². The molecule has 0 saturated carbocycles. The summed E-state index contributed by atoms with van der Waals surface area (Å²) in [4.78, 5) is 47.3. The first-order chi connectivity index (χ1) is 18.5. The standard InChI is InChI=1S/C28H37N3O8/c1-28(2,3)39-27(36)31-23-11-7-6-10-22(23)30-26(35)20-12-14-21(15-13-20)29-24(32)18-37-16-8-4-5-9-17-38-19-25(33)34/h6-7,10-15H,4-5,8-9,16-19H2,1-3H3,(H,29,32)(H,30,35)(H,31,36)(H,33,34). The number of carboxylic acid groups (broad SMARTS) is 1. The van der Waals surface area contributed by atoms with Crippen molar-refractivity contribution in [3.05, 3.63) is 54.1 Å². The first-order valence-corrected chi connectivity index (χ1v) is 12.7. The number of hydrogen-bond acceptors (Lipinski definition) is 7. The van der Waals surface area contributed by atoms with Crippen molar-refractivity contribution in [3.63, 3.8) is 0 Å². The van der Waals surface area contributed by atoms with Crippen molar-refractivity contribution >= 4 is 40.9 Å². The summed E-state index contributed by atoms with van der Waals surface area (Å²) in [5, 5.41) is 16.6. The molecule has 0 aliphatic carbocycles. The highest BCUT2D eigenvalue weighted by atomic mass is 16.6. The quantitative estimate of drug-likeness (QED) is 0.231. The second-order valence-corrected chi connectivity index (χ2v) is 9.67. The minimum atomic E-state index is -0.976. The van der Waals surface area contributed by atoms with Gasteiger partial charge < -0.3 is 30.0 Å². The second-order valence-electron chi connectivity index (χ2n) is 9.67. The summed E-state index contributed by atoms with van der Waals surface area (Å²) in [6.45, 7) is 5.75. The van der Waals surface area contributed by atoms with Crippen LogP contribution in [0.3, 0.4) is 0 Å². The van der Waals surface area contributed by atoms with Crippen LogP contribution in [0.15, 0.2) is 48.5 Å². The molecule has 39 heavy (non-hydrogen) atoms. The number of carboxylic acids is 1. The van der Waals surface area contributed by atoms with Gasteiger partial charge in [0.05, 0.1) is 11.4 Å². The maximum atomic E-state index is 12.7. The van der Waals surface area contributed by atoms with Crippen molar-refractivity contribution in [2.24, 2.45) is 0 Å². The van der Waals surface area contributed by atoms with Crippen LogP contribution >= 0.6 is 0 Å². The number of ether oxygens (including phenoxy) is 3. The lowest BCUT2D eigenvalue weighted by Crippen LogP contribution is -2.27. The topological polar surface area (TPSA) is 152 Å². The summed E-state index contributed by atoms with van der Waals surface area (Å²) in [5.41, 5.74) is 1.04. The molecule has 2 aromatic rings. The van der Waals surface area contributed by atoms with E-state index < -0.39 is 17.7 Å². The van der Waals surface area contributed by atoms with Crippen LogP contribution in [-0.4, -0.2) is 61.0 Å². The first kappa shape index (κ1) is 31.3. The van der Waals surface area contributed by atoms with E-state index in [1.807, 2.05) is 0 Å². The minimum Gasteiger partial charge on any atom is -0.480 e. The third-order valence-electron chi connectivity index (χ3n) is 5.03. The number of para-hydroxylation sites is 2. The van der Waals surface area contributed by atoms with Gasteiger partial charge in [-0.1, -0.05) is 25.0 Å². The summed E-state index contributed by atoms with van der Waals surface area (Å²) in [7, 11) is 0. The van der Waals surface area contributed by atoms with Crippen LogP contribution in [0.25, 0.3) is 0 Å². The fraction of sp³-hybridized carbons (Fsp3) is 0.429. The zero-order chi connectivity index (χ0) is 28.7. The van der Waals surface area contributed by atoms with Gasteiger partial charge in [-0.3, -0.25) is 14.9 Å². The molecule has 0 atom stereocenters. The fourth-order valence-electron chi connectivity index (χ4n) is 3.30. The van der Waals surface area contributed by atoms with Crippen LogP contribution < -0.4 is 16.0 Å². The van der Waals surface area contributed by atoms with Gasteiger partial charge >= 0.3 is 12.1 Å². The zero-order valence-electron chi connectivity index (χ0n) is 22.6. The van der Waals surface area contributed by atoms with E-state index in [2.05, 4.69) is 16.0 Å². The Hall–Kier alpha value is -3.96. The summed E-state index contributed by atoms with van der Waals surface area (Å²) >= 11 is 0. The lowest BCUT2D eigenvalue weighted by Gasteiger charge is -2.20. The van der Waals surface area contributed by atoms with Crippen molar-refractivity contribution in [2.75, 3.05) is 42.4 Å². The molecule has 2 rings (SSSR count). The van der Waals surface area contributed by atoms with Crippen molar-refractivity contribution < 1.29 is 38.5 Å². The van der Waals surface area contributed by atoms with Crippen molar-refractivity contribution in [3.8, 4) is 0 Å². The fourth-order valence-corrected chi connectivity index (χ4v) is 3.30. The van der Waals surface area contributed by atoms with Crippen LogP contribution in [0.1, 0.15) is 56.8 Å². The molecular weight excluding hydrogens is 506 g/mol. The number of anilines is 3. The van der Waals surface area contributed by atoms with E-state index in [0.717, 1.165) is 25.7 Å². The van der Waals surface area contributed by atoms with Crippen LogP contribution in [-0.2, 0) is 23.8 Å². The molecule has 0 radical (unpaired) electrons. The second kappa shape index (κ2) is 16.1. The molecule has 0 aromatic heterocycles. The van der Waals surface area contributed by atoms with Gasteiger partial charge in [0.15, 0.2) is 0 Å². The van der Waals surface area contributed by atoms with Crippen LogP contribution in [0.2, 0.25) is 0 Å². The Kier molecular flexibility index (Phi) is 12.9. The predicted octanol–water partition coefficient (Wildman–Crippen LogP) is 4.90. The molecule has 0 aliphatic rings. The molecular formula is C28H37N3O8. The highest BCUT2D eigenvalue weighted by molar-refractivity contribution is 6.07. The van der Waals surface area contributed by atoms with Gasteiger partial charge in [0.1, 0.15) is 18.8 Å². The van der Waals surface area contributed by atoms with E-state index >= 15 is 0 Å². The third-order valence-corrected chi connectivity index (χ3v) is 5.03. The Labute approximate surface area is 228 Å². The Morgan fingerprint density at radius 2 is 1.31 bits per heavy atom. The van der Waals surface area contributed by atoms with E-state index in [1.54, 1.807) is 69.3 Å². The number of unbranched alkanes of at least 4 members (excludes halogenated alkanes) is 3. The molecule has 4 N–H and O–H groups in total. The number of carbonyl (C=O) groups excluding carboxylic acids is 3. The minimum absolute atomic E-state index is 0.0919. The zero-order valence-corrected chi connectivity index (χ0v) is 22.6. The van der Waals surface area contributed by atoms with Crippen molar-refractivity contribution in [2.45, 2.75) is 52.1 Å². The molecule has 3 amide bonds. The van der Waals surface area contributed by atoms with Gasteiger partial charge in [-0.15, -0.1) is 0 Å². The first-order valence-electron chi connectivity index (χ1n) is 12.7. The van der Waals surface area contributed by atoms with E-state index in [9.17, 15) is 19.2 Å². The van der Waals surface area contributed by atoms with Gasteiger partial charge in [-0.2, -0.15) is 0 Å². The molecule has 11 nitrogen and oxygen atoms in total. The maximum Gasteiger partial charge on any atom is 0.412 e. The Bertz CT molecular complexity index is 1100. The van der Waals surface area contributed by atoms with Crippen LogP contribution in [0, 0.1) is 0 Å². The lowest BCUT2D eigenvalue weighted by molar-refractivity contribution is -0.142. The largest absolute Gasteiger partial charge is 0.480 e. The summed E-state index contributed by atoms with van der Waals surface area (Å²) in [6, 6.07) is 13.2. The molecule has 2 aromatic carbocycles. The van der Waals surface area contributed by atoms with E-state index in [1.165, 1.54) is 0 Å². The number of hydrogen-bond donors (Lipinski definition) is 4. The lowest BCUT2D eigenvalue weighted by atomic mass is 10.1. The monoisotopic (exact) mass is 543 g/mol. The predicted molar refractivity (Wildman–Crippen MR) is 147 cm³/mol. The van der Waals surface area contributed by atoms with Gasteiger partial charge in [0, 0.05) is 24.5 Å². The number of rotatable bonds is 15. The number of aliphatic carboxylic acids is 1. The molecule has 212 valence electrons. The molecule has 0 bridgehead atoms. The number of carbonyl (C=O) groups is 4. The van der Waals surface area contributed by atoms with Gasteiger partial charge in [-0.05, 0) is 70.0 Å². The number of nitrogens with one attached hydrogen (secondary N) is 3. The van der Waals surface area contributed by atoms with Crippen molar-refractivity contribution in [1.29, 1.82) is 0 Å². The summed E-state index contributed by atoms with van der Waals surface area (Å²) in [5.74, 6) is -1.67. The van der Waals surface area contributed by atoms with Crippen molar-refractivity contribution in [1.82, 2.24) is 0 Å². The molecule has 0 spiro atoms. The smallest absolute Gasteiger partial charge is 0.412 e. The highest BCUT2D eigenvalue weighted by Gasteiger charge is 2.18. The van der Waals surface area contributed by atoms with E-state index in [4.69, 9.17) is 19.3 Å². The summed E-state index contributed by atoms with van der Waals surface area (Å²) < 4.78 is 15.6.